The summed E-state index contributed by atoms with van der Waals surface area (Å²) in [6.07, 6.45) is 2.47. The van der Waals surface area contributed by atoms with Gasteiger partial charge in [0.2, 0.25) is 0 Å². The lowest BCUT2D eigenvalue weighted by atomic mass is 9.95. The van der Waals surface area contributed by atoms with E-state index in [2.05, 4.69) is 11.8 Å². The lowest BCUT2D eigenvalue weighted by Crippen LogP contribution is -2.41. The van der Waals surface area contributed by atoms with Crippen molar-refractivity contribution in [3.63, 3.8) is 0 Å². The summed E-state index contributed by atoms with van der Waals surface area (Å²) in [4.78, 5) is 13.3. The molecule has 0 amide bonds. The molecule has 122 valence electrons. The zero-order valence-electron chi connectivity index (χ0n) is 13.2. The van der Waals surface area contributed by atoms with Gasteiger partial charge in [-0.1, -0.05) is 13.0 Å². The standard InChI is InChI=1S/C17H24FNO3/c1-12(8-13-5-6-16(22-2)15(18)9-13)10-19-7-3-4-14(11-19)17(20)21/h5-6,9,12,14H,3-4,7-8,10-11H2,1-2H3,(H,20,21). The van der Waals surface area contributed by atoms with Crippen molar-refractivity contribution in [2.45, 2.75) is 26.2 Å². The number of ether oxygens (including phenoxy) is 1. The molecule has 0 bridgehead atoms. The Hall–Kier alpha value is -1.62. The Bertz CT molecular complexity index is 521. The van der Waals surface area contributed by atoms with Crippen molar-refractivity contribution in [2.24, 2.45) is 11.8 Å². The minimum Gasteiger partial charge on any atom is -0.494 e. The molecule has 1 aromatic carbocycles. The number of carboxylic acid groups (broad SMARTS) is 1. The van der Waals surface area contributed by atoms with Crippen molar-refractivity contribution >= 4 is 5.97 Å². The number of methoxy groups -OCH3 is 1. The van der Waals surface area contributed by atoms with E-state index >= 15 is 0 Å². The zero-order chi connectivity index (χ0) is 16.1. The number of nitrogens with zero attached hydrogens (tertiary/aromatic N) is 1. The summed E-state index contributed by atoms with van der Waals surface area (Å²) in [7, 11) is 1.45. The molecule has 2 atom stereocenters. The lowest BCUT2D eigenvalue weighted by molar-refractivity contribution is -0.143. The molecule has 1 aromatic rings. The van der Waals surface area contributed by atoms with E-state index in [9.17, 15) is 9.18 Å². The molecular weight excluding hydrogens is 285 g/mol. The molecular formula is C17H24FNO3. The molecule has 1 fully saturated rings. The number of hydrogen-bond donors (Lipinski definition) is 1. The molecule has 22 heavy (non-hydrogen) atoms. The Balaban J connectivity index is 1.88. The van der Waals surface area contributed by atoms with Gasteiger partial charge in [0.25, 0.3) is 0 Å². The van der Waals surface area contributed by atoms with Gasteiger partial charge in [0, 0.05) is 13.1 Å². The number of piperidine rings is 1. The Morgan fingerprint density at radius 2 is 2.32 bits per heavy atom. The normalized spacial score (nSPS) is 20.6. The van der Waals surface area contributed by atoms with Crippen molar-refractivity contribution in [3.8, 4) is 5.75 Å². The Morgan fingerprint density at radius 3 is 2.95 bits per heavy atom. The number of rotatable bonds is 6. The Kier molecular flexibility index (Phi) is 5.77. The van der Waals surface area contributed by atoms with Crippen LogP contribution in [0.25, 0.3) is 0 Å². The first kappa shape index (κ1) is 16.7. The molecule has 2 rings (SSSR count). The maximum absolute atomic E-state index is 13.7. The second kappa shape index (κ2) is 7.58. The molecule has 0 saturated carbocycles. The van der Waals surface area contributed by atoms with E-state index in [-0.39, 0.29) is 17.5 Å². The predicted molar refractivity (Wildman–Crippen MR) is 82.6 cm³/mol. The van der Waals surface area contributed by atoms with Gasteiger partial charge in [0.1, 0.15) is 0 Å². The fourth-order valence-electron chi connectivity index (χ4n) is 3.17. The van der Waals surface area contributed by atoms with Crippen LogP contribution in [0.2, 0.25) is 0 Å². The molecule has 0 aliphatic carbocycles. The highest BCUT2D eigenvalue weighted by molar-refractivity contribution is 5.70. The monoisotopic (exact) mass is 309 g/mol. The number of halogens is 1. The van der Waals surface area contributed by atoms with Crippen LogP contribution in [-0.2, 0) is 11.2 Å². The smallest absolute Gasteiger partial charge is 0.307 e. The third kappa shape index (κ3) is 4.44. The molecule has 0 aromatic heterocycles. The first-order valence-corrected chi connectivity index (χ1v) is 7.77. The van der Waals surface area contributed by atoms with E-state index < -0.39 is 5.97 Å². The highest BCUT2D eigenvalue weighted by atomic mass is 19.1. The van der Waals surface area contributed by atoms with E-state index in [1.807, 2.05) is 6.07 Å². The number of carbonyl (C=O) groups is 1. The maximum Gasteiger partial charge on any atom is 0.307 e. The maximum atomic E-state index is 13.7. The summed E-state index contributed by atoms with van der Waals surface area (Å²) < 4.78 is 18.6. The van der Waals surface area contributed by atoms with E-state index in [1.54, 1.807) is 6.07 Å². The summed E-state index contributed by atoms with van der Waals surface area (Å²) in [6.45, 7) is 4.53. The highest BCUT2D eigenvalue weighted by Gasteiger charge is 2.26. The average Bonchev–Trinajstić information content (AvgIpc) is 2.47. The second-order valence-corrected chi connectivity index (χ2v) is 6.22. The molecule has 1 saturated heterocycles. The van der Waals surface area contributed by atoms with Gasteiger partial charge in [-0.15, -0.1) is 0 Å². The van der Waals surface area contributed by atoms with Crippen molar-refractivity contribution in [3.05, 3.63) is 29.6 Å². The average molecular weight is 309 g/mol. The van der Waals surface area contributed by atoms with Gasteiger partial charge in [-0.05, 0) is 49.4 Å². The summed E-state index contributed by atoms with van der Waals surface area (Å²) in [5.41, 5.74) is 0.942. The molecule has 0 spiro atoms. The van der Waals surface area contributed by atoms with Crippen LogP contribution in [0, 0.1) is 17.7 Å². The lowest BCUT2D eigenvalue weighted by Gasteiger charge is -2.32. The van der Waals surface area contributed by atoms with Crippen LogP contribution in [0.3, 0.4) is 0 Å². The van der Waals surface area contributed by atoms with Crippen LogP contribution in [0.5, 0.6) is 5.75 Å². The van der Waals surface area contributed by atoms with E-state index in [4.69, 9.17) is 9.84 Å². The fourth-order valence-corrected chi connectivity index (χ4v) is 3.17. The number of likely N-dealkylation sites (tertiary alicyclic amines) is 1. The topological polar surface area (TPSA) is 49.8 Å². The summed E-state index contributed by atoms with van der Waals surface area (Å²) in [6, 6.07) is 5.05. The van der Waals surface area contributed by atoms with Crippen LogP contribution in [-0.4, -0.2) is 42.7 Å². The van der Waals surface area contributed by atoms with Gasteiger partial charge in [0.15, 0.2) is 11.6 Å². The van der Waals surface area contributed by atoms with E-state index in [1.165, 1.54) is 13.2 Å². The number of aliphatic carboxylic acids is 1. The van der Waals surface area contributed by atoms with Crippen LogP contribution in [0.1, 0.15) is 25.3 Å². The predicted octanol–water partition coefficient (Wildman–Crippen LogP) is 2.81. The number of hydrogen-bond acceptors (Lipinski definition) is 3. The van der Waals surface area contributed by atoms with Crippen LogP contribution < -0.4 is 4.74 Å². The molecule has 1 aliphatic rings. The molecule has 2 unspecified atom stereocenters. The Labute approximate surface area is 130 Å². The van der Waals surface area contributed by atoms with Gasteiger partial charge >= 0.3 is 5.97 Å². The SMILES string of the molecule is COc1ccc(CC(C)CN2CCCC(C(=O)O)C2)cc1F. The Morgan fingerprint density at radius 1 is 1.55 bits per heavy atom. The first-order chi connectivity index (χ1) is 10.5. The molecule has 1 N–H and O–H groups in total. The fraction of sp³-hybridized carbons (Fsp3) is 0.588. The minimum absolute atomic E-state index is 0.251. The zero-order valence-corrected chi connectivity index (χ0v) is 13.2. The summed E-state index contributed by atoms with van der Waals surface area (Å²) >= 11 is 0. The van der Waals surface area contributed by atoms with Crippen molar-refractivity contribution in [1.82, 2.24) is 4.90 Å². The molecule has 1 heterocycles. The third-order valence-electron chi connectivity index (χ3n) is 4.22. The molecule has 4 nitrogen and oxygen atoms in total. The molecule has 5 heteroatoms. The summed E-state index contributed by atoms with van der Waals surface area (Å²) in [5.74, 6) is -0.679. The van der Waals surface area contributed by atoms with Crippen molar-refractivity contribution < 1.29 is 19.0 Å². The second-order valence-electron chi connectivity index (χ2n) is 6.22. The first-order valence-electron chi connectivity index (χ1n) is 7.77. The van der Waals surface area contributed by atoms with Gasteiger partial charge in [-0.2, -0.15) is 0 Å². The van der Waals surface area contributed by atoms with E-state index in [0.717, 1.165) is 37.9 Å². The quantitative estimate of drug-likeness (QED) is 0.878. The van der Waals surface area contributed by atoms with Crippen molar-refractivity contribution in [2.75, 3.05) is 26.7 Å². The van der Waals surface area contributed by atoms with Gasteiger partial charge in [0.05, 0.1) is 13.0 Å². The van der Waals surface area contributed by atoms with Crippen LogP contribution in [0.4, 0.5) is 4.39 Å². The minimum atomic E-state index is -0.699. The highest BCUT2D eigenvalue weighted by Crippen LogP contribution is 2.22. The van der Waals surface area contributed by atoms with Crippen LogP contribution >= 0.6 is 0 Å². The largest absolute Gasteiger partial charge is 0.494 e. The number of benzene rings is 1. The van der Waals surface area contributed by atoms with Gasteiger partial charge in [-0.3, -0.25) is 4.79 Å². The van der Waals surface area contributed by atoms with Crippen LogP contribution in [0.15, 0.2) is 18.2 Å². The summed E-state index contributed by atoms with van der Waals surface area (Å²) in [5, 5.41) is 9.13. The van der Waals surface area contributed by atoms with Crippen molar-refractivity contribution in [1.29, 1.82) is 0 Å². The molecule has 0 radical (unpaired) electrons. The van der Waals surface area contributed by atoms with Gasteiger partial charge in [-0.25, -0.2) is 4.39 Å². The van der Waals surface area contributed by atoms with E-state index in [0.29, 0.717) is 12.5 Å². The third-order valence-corrected chi connectivity index (χ3v) is 4.22. The van der Waals surface area contributed by atoms with Gasteiger partial charge < -0.3 is 14.7 Å². The molecule has 1 aliphatic heterocycles. The number of carboxylic acids is 1.